The number of nitrogens with two attached hydrogens (primary N) is 1. The van der Waals surface area contributed by atoms with Crippen molar-refractivity contribution in [3.63, 3.8) is 0 Å². The van der Waals surface area contributed by atoms with Crippen molar-refractivity contribution in [1.82, 2.24) is 10.1 Å². The van der Waals surface area contributed by atoms with Gasteiger partial charge in [0.15, 0.2) is 0 Å². The van der Waals surface area contributed by atoms with Crippen molar-refractivity contribution < 1.29 is 14.0 Å². The molecule has 120 valence electrons. The Hall–Kier alpha value is -0.980. The lowest BCUT2D eigenvalue weighted by atomic mass is 9.79. The van der Waals surface area contributed by atoms with Crippen molar-refractivity contribution in [2.45, 2.75) is 57.6 Å². The van der Waals surface area contributed by atoms with E-state index in [0.29, 0.717) is 31.3 Å². The summed E-state index contributed by atoms with van der Waals surface area (Å²) in [7, 11) is 1.65. The van der Waals surface area contributed by atoms with Gasteiger partial charge in [0.2, 0.25) is 11.7 Å². The van der Waals surface area contributed by atoms with Gasteiger partial charge in [0, 0.05) is 20.3 Å². The van der Waals surface area contributed by atoms with Gasteiger partial charge in [-0.1, -0.05) is 12.1 Å². The SMILES string of the molecule is CCOC1(c2noc(C(N)CCOC)n2)CCC(C)CC1. The van der Waals surface area contributed by atoms with Crippen molar-refractivity contribution in [3.8, 4) is 0 Å². The molecule has 1 aliphatic rings. The monoisotopic (exact) mass is 297 g/mol. The number of hydrogen-bond donors (Lipinski definition) is 1. The zero-order valence-corrected chi connectivity index (χ0v) is 13.3. The normalized spacial score (nSPS) is 27.7. The largest absolute Gasteiger partial charge is 0.385 e. The van der Waals surface area contributed by atoms with E-state index in [1.54, 1.807) is 7.11 Å². The minimum Gasteiger partial charge on any atom is -0.385 e. The third-order valence-electron chi connectivity index (χ3n) is 4.30. The number of aromatic nitrogens is 2. The van der Waals surface area contributed by atoms with E-state index in [0.717, 1.165) is 31.6 Å². The molecule has 1 atom stereocenters. The fourth-order valence-corrected chi connectivity index (χ4v) is 2.88. The predicted molar refractivity (Wildman–Crippen MR) is 78.7 cm³/mol. The van der Waals surface area contributed by atoms with Crippen LogP contribution in [0.2, 0.25) is 0 Å². The second-order valence-corrected chi connectivity index (χ2v) is 5.95. The molecule has 0 bridgehead atoms. The summed E-state index contributed by atoms with van der Waals surface area (Å²) in [4.78, 5) is 4.52. The summed E-state index contributed by atoms with van der Waals surface area (Å²) in [6.07, 6.45) is 4.79. The van der Waals surface area contributed by atoms with Gasteiger partial charge in [-0.15, -0.1) is 0 Å². The zero-order valence-electron chi connectivity index (χ0n) is 13.3. The van der Waals surface area contributed by atoms with E-state index in [9.17, 15) is 0 Å². The summed E-state index contributed by atoms with van der Waals surface area (Å²) in [6, 6.07) is -0.285. The maximum atomic E-state index is 6.05. The van der Waals surface area contributed by atoms with Crippen molar-refractivity contribution >= 4 is 0 Å². The highest BCUT2D eigenvalue weighted by molar-refractivity contribution is 5.05. The minimum atomic E-state index is -0.399. The fourth-order valence-electron chi connectivity index (χ4n) is 2.88. The molecule has 1 aromatic rings. The van der Waals surface area contributed by atoms with Crippen LogP contribution in [0.4, 0.5) is 0 Å². The Morgan fingerprint density at radius 1 is 1.43 bits per heavy atom. The second-order valence-electron chi connectivity index (χ2n) is 5.95. The highest BCUT2D eigenvalue weighted by Crippen LogP contribution is 2.41. The number of rotatable bonds is 7. The average molecular weight is 297 g/mol. The maximum Gasteiger partial charge on any atom is 0.243 e. The van der Waals surface area contributed by atoms with Gasteiger partial charge < -0.3 is 19.7 Å². The lowest BCUT2D eigenvalue weighted by molar-refractivity contribution is -0.0847. The van der Waals surface area contributed by atoms with Crippen LogP contribution in [-0.2, 0) is 15.1 Å². The molecule has 1 fully saturated rings. The fraction of sp³-hybridized carbons (Fsp3) is 0.867. The molecule has 0 aliphatic heterocycles. The van der Waals surface area contributed by atoms with Crippen LogP contribution in [0.25, 0.3) is 0 Å². The summed E-state index contributed by atoms with van der Waals surface area (Å²) in [5, 5.41) is 4.15. The first-order chi connectivity index (χ1) is 10.1. The zero-order chi connectivity index (χ0) is 15.3. The summed E-state index contributed by atoms with van der Waals surface area (Å²) in [5.41, 5.74) is 5.65. The summed E-state index contributed by atoms with van der Waals surface area (Å²) >= 11 is 0. The quantitative estimate of drug-likeness (QED) is 0.832. The third-order valence-corrected chi connectivity index (χ3v) is 4.30. The van der Waals surface area contributed by atoms with Gasteiger partial charge in [-0.25, -0.2) is 0 Å². The molecule has 2 N–H and O–H groups in total. The van der Waals surface area contributed by atoms with E-state index in [1.807, 2.05) is 6.92 Å². The molecule has 0 spiro atoms. The molecule has 6 heteroatoms. The van der Waals surface area contributed by atoms with E-state index >= 15 is 0 Å². The predicted octanol–water partition coefficient (Wildman–Crippen LogP) is 2.55. The summed E-state index contributed by atoms with van der Waals surface area (Å²) < 4.78 is 16.4. The molecular formula is C15H27N3O3. The van der Waals surface area contributed by atoms with Crippen molar-refractivity contribution in [3.05, 3.63) is 11.7 Å². The first-order valence-corrected chi connectivity index (χ1v) is 7.84. The Morgan fingerprint density at radius 2 is 2.14 bits per heavy atom. The molecule has 1 aromatic heterocycles. The van der Waals surface area contributed by atoms with E-state index in [-0.39, 0.29) is 6.04 Å². The number of nitrogens with zero attached hydrogens (tertiary/aromatic N) is 2. The van der Waals surface area contributed by atoms with Gasteiger partial charge in [-0.2, -0.15) is 4.98 Å². The number of methoxy groups -OCH3 is 1. The molecule has 1 unspecified atom stereocenters. The van der Waals surface area contributed by atoms with Crippen molar-refractivity contribution in [2.75, 3.05) is 20.3 Å². The van der Waals surface area contributed by atoms with Gasteiger partial charge in [-0.05, 0) is 44.9 Å². The Kier molecular flexibility index (Phi) is 5.72. The van der Waals surface area contributed by atoms with E-state index in [2.05, 4.69) is 17.1 Å². The topological polar surface area (TPSA) is 83.4 Å². The average Bonchev–Trinajstić information content (AvgIpc) is 2.98. The van der Waals surface area contributed by atoms with Gasteiger partial charge in [0.1, 0.15) is 5.60 Å². The van der Waals surface area contributed by atoms with Crippen molar-refractivity contribution in [1.29, 1.82) is 0 Å². The summed E-state index contributed by atoms with van der Waals surface area (Å²) in [5.74, 6) is 1.85. The molecule has 1 aliphatic carbocycles. The molecule has 0 amide bonds. The molecule has 21 heavy (non-hydrogen) atoms. The molecular weight excluding hydrogens is 270 g/mol. The molecule has 0 saturated heterocycles. The minimum absolute atomic E-state index is 0.285. The number of ether oxygens (including phenoxy) is 2. The molecule has 0 aromatic carbocycles. The lowest BCUT2D eigenvalue weighted by Gasteiger charge is -2.36. The van der Waals surface area contributed by atoms with Gasteiger partial charge in [-0.3, -0.25) is 0 Å². The Morgan fingerprint density at radius 3 is 2.76 bits per heavy atom. The molecule has 1 heterocycles. The van der Waals surface area contributed by atoms with Crippen LogP contribution < -0.4 is 5.73 Å². The highest BCUT2D eigenvalue weighted by atomic mass is 16.5. The Balaban J connectivity index is 2.12. The van der Waals surface area contributed by atoms with E-state index in [1.165, 1.54) is 0 Å². The lowest BCUT2D eigenvalue weighted by Crippen LogP contribution is -2.35. The van der Waals surface area contributed by atoms with Gasteiger partial charge in [0.25, 0.3) is 0 Å². The van der Waals surface area contributed by atoms with Gasteiger partial charge >= 0.3 is 0 Å². The second kappa shape index (κ2) is 7.33. The summed E-state index contributed by atoms with van der Waals surface area (Å²) in [6.45, 7) is 5.50. The van der Waals surface area contributed by atoms with Crippen LogP contribution in [0.15, 0.2) is 4.52 Å². The molecule has 2 rings (SSSR count). The smallest absolute Gasteiger partial charge is 0.243 e. The van der Waals surface area contributed by atoms with Crippen LogP contribution in [0.3, 0.4) is 0 Å². The molecule has 1 saturated carbocycles. The Labute approximate surface area is 126 Å². The van der Waals surface area contributed by atoms with Crippen LogP contribution in [0.1, 0.15) is 63.7 Å². The van der Waals surface area contributed by atoms with Crippen LogP contribution in [-0.4, -0.2) is 30.5 Å². The standard InChI is InChI=1S/C15H27N3O3/c1-4-20-15(8-5-11(2)6-9-15)14-17-13(21-18-14)12(16)7-10-19-3/h11-12H,4-10,16H2,1-3H3. The first-order valence-electron chi connectivity index (χ1n) is 7.84. The molecule has 0 radical (unpaired) electrons. The maximum absolute atomic E-state index is 6.05. The van der Waals surface area contributed by atoms with Crippen molar-refractivity contribution in [2.24, 2.45) is 11.7 Å². The Bertz CT molecular complexity index is 428. The highest BCUT2D eigenvalue weighted by Gasteiger charge is 2.41. The number of hydrogen-bond acceptors (Lipinski definition) is 6. The molecule has 6 nitrogen and oxygen atoms in total. The van der Waals surface area contributed by atoms with Crippen LogP contribution in [0, 0.1) is 5.92 Å². The van der Waals surface area contributed by atoms with E-state index < -0.39 is 5.60 Å². The van der Waals surface area contributed by atoms with Crippen LogP contribution >= 0.6 is 0 Å². The first kappa shape index (κ1) is 16.4. The van der Waals surface area contributed by atoms with Crippen LogP contribution in [0.5, 0.6) is 0 Å². The van der Waals surface area contributed by atoms with Gasteiger partial charge in [0.05, 0.1) is 6.04 Å². The third kappa shape index (κ3) is 3.81. The van der Waals surface area contributed by atoms with E-state index in [4.69, 9.17) is 19.7 Å².